The second-order valence-corrected chi connectivity index (χ2v) is 3.91. The van der Waals surface area contributed by atoms with Crippen LogP contribution in [0.2, 0.25) is 0 Å². The van der Waals surface area contributed by atoms with Gasteiger partial charge in [0.25, 0.3) is 0 Å². The molecular formula is C11H10BrN3O. The number of alkyl halides is 1. The molecule has 2 heterocycles. The highest BCUT2D eigenvalue weighted by molar-refractivity contribution is 9.08. The maximum Gasteiger partial charge on any atom is 0.213 e. The molecule has 2 rings (SSSR count). The van der Waals surface area contributed by atoms with E-state index in [1.165, 1.54) is 0 Å². The number of aryl methyl sites for hydroxylation is 1. The molecule has 0 spiro atoms. The number of fused-ring (bicyclic) bond motifs is 1. The lowest BCUT2D eigenvalue weighted by Gasteiger charge is -2.00. The Morgan fingerprint density at radius 1 is 1.56 bits per heavy atom. The largest absolute Gasteiger partial charge is 0.481 e. The Morgan fingerprint density at radius 2 is 2.31 bits per heavy atom. The third-order valence-corrected chi connectivity index (χ3v) is 3.12. The molecule has 0 radical (unpaired) electrons. The second-order valence-electron chi connectivity index (χ2n) is 3.35. The van der Waals surface area contributed by atoms with Gasteiger partial charge in [-0.2, -0.15) is 5.26 Å². The van der Waals surface area contributed by atoms with Gasteiger partial charge in [0, 0.05) is 24.1 Å². The summed E-state index contributed by atoms with van der Waals surface area (Å²) >= 11 is 3.38. The lowest BCUT2D eigenvalue weighted by atomic mass is 10.2. The van der Waals surface area contributed by atoms with E-state index >= 15 is 0 Å². The van der Waals surface area contributed by atoms with Gasteiger partial charge >= 0.3 is 0 Å². The molecule has 16 heavy (non-hydrogen) atoms. The lowest BCUT2D eigenvalue weighted by molar-refractivity contribution is 0.399. The minimum Gasteiger partial charge on any atom is -0.481 e. The first kappa shape index (κ1) is 11.0. The lowest BCUT2D eigenvalue weighted by Crippen LogP contribution is -1.93. The van der Waals surface area contributed by atoms with Crippen LogP contribution < -0.4 is 4.74 Å². The van der Waals surface area contributed by atoms with Crippen molar-refractivity contribution in [1.82, 2.24) is 9.55 Å². The standard InChI is InChI=1S/C11H10BrN3O/c1-15-8-3-4-10(16-2)14-11(8)7(6-13)9(15)5-12/h3-4H,5H2,1-2H3. The summed E-state index contributed by atoms with van der Waals surface area (Å²) in [4.78, 5) is 4.31. The van der Waals surface area contributed by atoms with Crippen molar-refractivity contribution >= 4 is 27.0 Å². The SMILES string of the molecule is COc1ccc2c(n1)c(C#N)c(CBr)n2C. The Bertz CT molecular complexity index is 583. The van der Waals surface area contributed by atoms with Gasteiger partial charge in [-0.05, 0) is 6.07 Å². The van der Waals surface area contributed by atoms with Gasteiger partial charge in [-0.3, -0.25) is 0 Å². The number of ether oxygens (including phenoxy) is 1. The molecule has 0 aliphatic heterocycles. The number of methoxy groups -OCH3 is 1. The quantitative estimate of drug-likeness (QED) is 0.793. The van der Waals surface area contributed by atoms with Gasteiger partial charge in [0.1, 0.15) is 17.1 Å². The monoisotopic (exact) mass is 279 g/mol. The normalized spacial score (nSPS) is 10.4. The molecule has 0 fully saturated rings. The average Bonchev–Trinajstić information content (AvgIpc) is 2.60. The number of nitriles is 1. The molecule has 0 unspecified atom stereocenters. The number of hydrogen-bond acceptors (Lipinski definition) is 3. The van der Waals surface area contributed by atoms with Crippen LogP contribution in [0.1, 0.15) is 11.3 Å². The van der Waals surface area contributed by atoms with Gasteiger partial charge in [0.2, 0.25) is 5.88 Å². The molecule has 2 aromatic rings. The summed E-state index contributed by atoms with van der Waals surface area (Å²) < 4.78 is 7.03. The number of pyridine rings is 1. The molecule has 0 aliphatic carbocycles. The summed E-state index contributed by atoms with van der Waals surface area (Å²) in [6.07, 6.45) is 0. The minimum atomic E-state index is 0.524. The van der Waals surface area contributed by atoms with Gasteiger partial charge in [-0.15, -0.1) is 0 Å². The molecule has 0 atom stereocenters. The van der Waals surface area contributed by atoms with Gasteiger partial charge in [0.15, 0.2) is 0 Å². The first-order chi connectivity index (χ1) is 7.72. The first-order valence-corrected chi connectivity index (χ1v) is 5.83. The third kappa shape index (κ3) is 1.46. The van der Waals surface area contributed by atoms with Crippen molar-refractivity contribution in [1.29, 1.82) is 5.26 Å². The van der Waals surface area contributed by atoms with Crippen LogP contribution in [0.15, 0.2) is 12.1 Å². The van der Waals surface area contributed by atoms with Crippen molar-refractivity contribution < 1.29 is 4.74 Å². The Morgan fingerprint density at radius 3 is 2.88 bits per heavy atom. The van der Waals surface area contributed by atoms with Crippen molar-refractivity contribution in [3.63, 3.8) is 0 Å². The van der Waals surface area contributed by atoms with Crippen molar-refractivity contribution in [3.05, 3.63) is 23.4 Å². The van der Waals surface area contributed by atoms with Gasteiger partial charge < -0.3 is 9.30 Å². The van der Waals surface area contributed by atoms with E-state index in [4.69, 9.17) is 10.00 Å². The summed E-state index contributed by atoms with van der Waals surface area (Å²) in [5, 5.41) is 9.79. The molecule has 82 valence electrons. The molecule has 0 aliphatic rings. The Balaban J connectivity index is 2.85. The van der Waals surface area contributed by atoms with Crippen LogP contribution >= 0.6 is 15.9 Å². The third-order valence-electron chi connectivity index (χ3n) is 2.59. The predicted octanol–water partition coefficient (Wildman–Crippen LogP) is 2.35. The van der Waals surface area contributed by atoms with Crippen LogP contribution in [0.3, 0.4) is 0 Å². The van der Waals surface area contributed by atoms with Crippen LogP contribution in [0.25, 0.3) is 11.0 Å². The molecule has 4 nitrogen and oxygen atoms in total. The average molecular weight is 280 g/mol. The van der Waals surface area contributed by atoms with E-state index in [0.29, 0.717) is 22.3 Å². The zero-order chi connectivity index (χ0) is 11.7. The van der Waals surface area contributed by atoms with E-state index in [1.54, 1.807) is 13.2 Å². The fraction of sp³-hybridized carbons (Fsp3) is 0.273. The second kappa shape index (κ2) is 4.14. The number of halogens is 1. The fourth-order valence-corrected chi connectivity index (χ4v) is 2.38. The van der Waals surface area contributed by atoms with Crippen LogP contribution in [-0.2, 0) is 12.4 Å². The summed E-state index contributed by atoms with van der Waals surface area (Å²) in [5.74, 6) is 0.524. The molecule has 5 heteroatoms. The topological polar surface area (TPSA) is 50.8 Å². The van der Waals surface area contributed by atoms with Crippen molar-refractivity contribution in [2.45, 2.75) is 5.33 Å². The maximum absolute atomic E-state index is 9.16. The van der Waals surface area contributed by atoms with E-state index in [2.05, 4.69) is 27.0 Å². The Labute approximate surface area is 102 Å². The van der Waals surface area contributed by atoms with E-state index in [9.17, 15) is 0 Å². The van der Waals surface area contributed by atoms with Crippen molar-refractivity contribution in [2.75, 3.05) is 7.11 Å². The van der Waals surface area contributed by atoms with Crippen molar-refractivity contribution in [2.24, 2.45) is 7.05 Å². The Hall–Kier alpha value is -1.54. The minimum absolute atomic E-state index is 0.524. The van der Waals surface area contributed by atoms with E-state index in [1.807, 2.05) is 17.7 Å². The van der Waals surface area contributed by atoms with Crippen LogP contribution in [-0.4, -0.2) is 16.7 Å². The molecule has 2 aromatic heterocycles. The molecule has 0 saturated carbocycles. The molecule has 0 bridgehead atoms. The van der Waals surface area contributed by atoms with Gasteiger partial charge in [0.05, 0.1) is 12.6 Å². The Kier molecular flexibility index (Phi) is 2.84. The number of hydrogen-bond donors (Lipinski definition) is 0. The number of aromatic nitrogens is 2. The molecular weight excluding hydrogens is 270 g/mol. The van der Waals surface area contributed by atoms with Gasteiger partial charge in [-0.1, -0.05) is 15.9 Å². The van der Waals surface area contributed by atoms with Crippen LogP contribution in [0.5, 0.6) is 5.88 Å². The van der Waals surface area contributed by atoms with E-state index in [0.717, 1.165) is 11.2 Å². The molecule has 0 aromatic carbocycles. The highest BCUT2D eigenvalue weighted by atomic mass is 79.9. The number of rotatable bonds is 2. The number of nitrogens with zero attached hydrogens (tertiary/aromatic N) is 3. The summed E-state index contributed by atoms with van der Waals surface area (Å²) in [7, 11) is 3.49. The van der Waals surface area contributed by atoms with E-state index < -0.39 is 0 Å². The first-order valence-electron chi connectivity index (χ1n) is 4.71. The summed E-state index contributed by atoms with van der Waals surface area (Å²) in [6, 6.07) is 5.90. The van der Waals surface area contributed by atoms with Crippen LogP contribution in [0, 0.1) is 11.3 Å². The highest BCUT2D eigenvalue weighted by Gasteiger charge is 2.15. The molecule has 0 amide bonds. The van der Waals surface area contributed by atoms with Gasteiger partial charge in [-0.25, -0.2) is 4.98 Å². The smallest absolute Gasteiger partial charge is 0.213 e. The van der Waals surface area contributed by atoms with Crippen LogP contribution in [0.4, 0.5) is 0 Å². The summed E-state index contributed by atoms with van der Waals surface area (Å²) in [5.41, 5.74) is 3.16. The molecule has 0 saturated heterocycles. The zero-order valence-corrected chi connectivity index (χ0v) is 10.6. The van der Waals surface area contributed by atoms with Crippen molar-refractivity contribution in [3.8, 4) is 11.9 Å². The zero-order valence-electron chi connectivity index (χ0n) is 8.99. The van der Waals surface area contributed by atoms with E-state index in [-0.39, 0.29) is 0 Å². The fourth-order valence-electron chi connectivity index (χ4n) is 1.73. The molecule has 0 N–H and O–H groups in total. The maximum atomic E-state index is 9.16. The summed E-state index contributed by atoms with van der Waals surface area (Å²) in [6.45, 7) is 0. The predicted molar refractivity (Wildman–Crippen MR) is 64.6 cm³/mol. The highest BCUT2D eigenvalue weighted by Crippen LogP contribution is 2.26.